The number of aliphatic hydroxyl groups is 1. The van der Waals surface area contributed by atoms with E-state index in [0.29, 0.717) is 6.61 Å². The Morgan fingerprint density at radius 3 is 2.47 bits per heavy atom. The third kappa shape index (κ3) is 4.41. The van der Waals surface area contributed by atoms with Crippen LogP contribution < -0.4 is 5.32 Å². The molecule has 0 radical (unpaired) electrons. The molecule has 3 heteroatoms. The Bertz CT molecular complexity index is 318. The van der Waals surface area contributed by atoms with E-state index in [4.69, 9.17) is 5.11 Å². The highest BCUT2D eigenvalue weighted by atomic mass is 32.1. The molecule has 0 spiro atoms. The number of hydrogen-bond acceptors (Lipinski definition) is 3. The first kappa shape index (κ1) is 14.7. The van der Waals surface area contributed by atoms with Crippen LogP contribution in [0, 0.1) is 12.3 Å². The summed E-state index contributed by atoms with van der Waals surface area (Å²) in [6.07, 6.45) is 3.15. The van der Waals surface area contributed by atoms with E-state index in [1.54, 1.807) is 0 Å². The second-order valence-corrected chi connectivity index (χ2v) is 6.17. The molecule has 1 rings (SSSR count). The summed E-state index contributed by atoms with van der Waals surface area (Å²) in [6, 6.07) is 4.36. The Labute approximate surface area is 109 Å². The molecule has 0 saturated carbocycles. The normalized spacial score (nSPS) is 12.0. The first-order valence-corrected chi connectivity index (χ1v) is 7.34. The molecule has 0 aliphatic rings. The fourth-order valence-corrected chi connectivity index (χ4v) is 3.07. The van der Waals surface area contributed by atoms with Gasteiger partial charge in [-0.15, -0.1) is 11.3 Å². The summed E-state index contributed by atoms with van der Waals surface area (Å²) in [4.78, 5) is 2.77. The van der Waals surface area contributed by atoms with Crippen molar-refractivity contribution in [3.63, 3.8) is 0 Å². The lowest BCUT2D eigenvalue weighted by Crippen LogP contribution is -2.34. The number of hydrogen-bond donors (Lipinski definition) is 2. The Morgan fingerprint density at radius 1 is 1.29 bits per heavy atom. The van der Waals surface area contributed by atoms with Crippen LogP contribution in [0.3, 0.4) is 0 Å². The summed E-state index contributed by atoms with van der Waals surface area (Å²) < 4.78 is 0. The predicted molar refractivity (Wildman–Crippen MR) is 75.5 cm³/mol. The smallest absolute Gasteiger partial charge is 0.0436 e. The molecule has 0 unspecified atom stereocenters. The first-order valence-electron chi connectivity index (χ1n) is 6.52. The minimum atomic E-state index is 0.265. The number of aliphatic hydroxyl groups excluding tert-OH is 1. The molecular formula is C14H25NOS. The van der Waals surface area contributed by atoms with Crippen LogP contribution in [0.2, 0.25) is 0 Å². The molecule has 0 aliphatic heterocycles. The van der Waals surface area contributed by atoms with Crippen molar-refractivity contribution in [2.24, 2.45) is 5.41 Å². The molecule has 0 bridgehead atoms. The van der Waals surface area contributed by atoms with Crippen molar-refractivity contribution in [2.45, 2.75) is 46.6 Å². The van der Waals surface area contributed by atoms with Gasteiger partial charge in [-0.1, -0.05) is 13.8 Å². The molecule has 1 aromatic rings. The first-order chi connectivity index (χ1) is 8.15. The molecule has 1 aromatic heterocycles. The Hall–Kier alpha value is -0.380. The van der Waals surface area contributed by atoms with E-state index in [2.05, 4.69) is 38.2 Å². The van der Waals surface area contributed by atoms with E-state index in [1.165, 1.54) is 9.75 Å². The molecule has 17 heavy (non-hydrogen) atoms. The van der Waals surface area contributed by atoms with Gasteiger partial charge in [-0.2, -0.15) is 0 Å². The van der Waals surface area contributed by atoms with Crippen LogP contribution in [0.25, 0.3) is 0 Å². The van der Waals surface area contributed by atoms with Crippen molar-refractivity contribution >= 4 is 11.3 Å². The molecule has 0 aromatic carbocycles. The number of thiophene rings is 1. The molecular weight excluding hydrogens is 230 g/mol. The van der Waals surface area contributed by atoms with Crippen molar-refractivity contribution in [3.8, 4) is 0 Å². The SMILES string of the molecule is CCC(CC)(CCO)CNCc1ccc(C)s1. The largest absolute Gasteiger partial charge is 0.396 e. The summed E-state index contributed by atoms with van der Waals surface area (Å²) in [7, 11) is 0. The maximum Gasteiger partial charge on any atom is 0.0436 e. The van der Waals surface area contributed by atoms with Gasteiger partial charge < -0.3 is 10.4 Å². The molecule has 0 saturated heterocycles. The van der Waals surface area contributed by atoms with Crippen LogP contribution in [0.4, 0.5) is 0 Å². The van der Waals surface area contributed by atoms with Gasteiger partial charge in [-0.3, -0.25) is 0 Å². The van der Waals surface area contributed by atoms with E-state index < -0.39 is 0 Å². The van der Waals surface area contributed by atoms with Gasteiger partial charge in [0.25, 0.3) is 0 Å². The summed E-state index contributed by atoms with van der Waals surface area (Å²) in [6.45, 7) is 8.82. The molecule has 0 fully saturated rings. The molecule has 0 aliphatic carbocycles. The third-order valence-corrected chi connectivity index (χ3v) is 4.74. The topological polar surface area (TPSA) is 32.3 Å². The minimum absolute atomic E-state index is 0.265. The van der Waals surface area contributed by atoms with Gasteiger partial charge >= 0.3 is 0 Å². The lowest BCUT2D eigenvalue weighted by atomic mass is 9.79. The monoisotopic (exact) mass is 255 g/mol. The van der Waals surface area contributed by atoms with Gasteiger partial charge in [0, 0.05) is 29.5 Å². The molecule has 1 heterocycles. The molecule has 2 N–H and O–H groups in total. The second-order valence-electron chi connectivity index (χ2n) is 4.80. The molecule has 98 valence electrons. The number of aryl methyl sites for hydroxylation is 1. The van der Waals surface area contributed by atoms with Crippen LogP contribution in [0.15, 0.2) is 12.1 Å². The highest BCUT2D eigenvalue weighted by Gasteiger charge is 2.24. The molecule has 2 nitrogen and oxygen atoms in total. The van der Waals surface area contributed by atoms with E-state index in [0.717, 1.165) is 32.4 Å². The zero-order valence-electron chi connectivity index (χ0n) is 11.3. The van der Waals surface area contributed by atoms with Gasteiger partial charge in [-0.05, 0) is 43.7 Å². The fourth-order valence-electron chi connectivity index (χ4n) is 2.21. The average molecular weight is 255 g/mol. The fraction of sp³-hybridized carbons (Fsp3) is 0.714. The Morgan fingerprint density at radius 2 is 2.00 bits per heavy atom. The van der Waals surface area contributed by atoms with Gasteiger partial charge in [-0.25, -0.2) is 0 Å². The zero-order chi connectivity index (χ0) is 12.7. The van der Waals surface area contributed by atoms with Crippen LogP contribution in [0.5, 0.6) is 0 Å². The van der Waals surface area contributed by atoms with E-state index in [1.807, 2.05) is 11.3 Å². The van der Waals surface area contributed by atoms with Crippen molar-refractivity contribution in [2.75, 3.05) is 13.2 Å². The zero-order valence-corrected chi connectivity index (χ0v) is 12.1. The number of rotatable bonds is 8. The van der Waals surface area contributed by atoms with E-state index in [9.17, 15) is 0 Å². The lowest BCUT2D eigenvalue weighted by Gasteiger charge is -2.31. The Kier molecular flexibility index (Phi) is 6.17. The highest BCUT2D eigenvalue weighted by Crippen LogP contribution is 2.29. The van der Waals surface area contributed by atoms with Crippen LogP contribution in [-0.4, -0.2) is 18.3 Å². The van der Waals surface area contributed by atoms with Crippen LogP contribution >= 0.6 is 11.3 Å². The summed E-state index contributed by atoms with van der Waals surface area (Å²) in [5.74, 6) is 0. The standard InChI is InChI=1S/C14H25NOS/c1-4-14(5-2,8-9-16)11-15-10-13-7-6-12(3)17-13/h6-7,15-16H,4-5,8-11H2,1-3H3. The van der Waals surface area contributed by atoms with Crippen molar-refractivity contribution in [3.05, 3.63) is 21.9 Å². The quantitative estimate of drug-likeness (QED) is 0.747. The van der Waals surface area contributed by atoms with Crippen LogP contribution in [-0.2, 0) is 6.54 Å². The van der Waals surface area contributed by atoms with E-state index in [-0.39, 0.29) is 5.41 Å². The van der Waals surface area contributed by atoms with Crippen LogP contribution in [0.1, 0.15) is 42.9 Å². The number of nitrogens with one attached hydrogen (secondary N) is 1. The van der Waals surface area contributed by atoms with Crippen molar-refractivity contribution < 1.29 is 5.11 Å². The van der Waals surface area contributed by atoms with Gasteiger partial charge in [0.2, 0.25) is 0 Å². The lowest BCUT2D eigenvalue weighted by molar-refractivity contribution is 0.163. The maximum atomic E-state index is 9.16. The Balaban J connectivity index is 2.41. The average Bonchev–Trinajstić information content (AvgIpc) is 2.74. The van der Waals surface area contributed by atoms with Gasteiger partial charge in [0.15, 0.2) is 0 Å². The molecule has 0 amide bonds. The predicted octanol–water partition coefficient (Wildman–Crippen LogP) is 3.33. The molecule has 0 atom stereocenters. The van der Waals surface area contributed by atoms with Crippen molar-refractivity contribution in [1.29, 1.82) is 0 Å². The van der Waals surface area contributed by atoms with E-state index >= 15 is 0 Å². The second kappa shape index (κ2) is 7.14. The summed E-state index contributed by atoms with van der Waals surface area (Å²) >= 11 is 1.85. The third-order valence-electron chi connectivity index (χ3n) is 3.74. The van der Waals surface area contributed by atoms with Gasteiger partial charge in [0.1, 0.15) is 0 Å². The van der Waals surface area contributed by atoms with Crippen molar-refractivity contribution in [1.82, 2.24) is 5.32 Å². The minimum Gasteiger partial charge on any atom is -0.396 e. The maximum absolute atomic E-state index is 9.16. The summed E-state index contributed by atoms with van der Waals surface area (Å²) in [5, 5.41) is 12.7. The summed E-state index contributed by atoms with van der Waals surface area (Å²) in [5.41, 5.74) is 0.265. The van der Waals surface area contributed by atoms with Gasteiger partial charge in [0.05, 0.1) is 0 Å². The highest BCUT2D eigenvalue weighted by molar-refractivity contribution is 7.11.